The largest absolute Gasteiger partial charge is 0.393 e. The molecule has 0 aliphatic rings. The minimum atomic E-state index is 0.593. The summed E-state index contributed by atoms with van der Waals surface area (Å²) in [5.41, 5.74) is 7.99. The molecule has 0 unspecified atom stereocenters. The fraction of sp³-hybridized carbons (Fsp3) is 0.300. The molecular weight excluding hydrogens is 166 g/mol. The maximum absolute atomic E-state index is 5.40. The molecule has 0 aliphatic carbocycles. The fourth-order valence-electron chi connectivity index (χ4n) is 1.02. The van der Waals surface area contributed by atoms with Gasteiger partial charge in [0.25, 0.3) is 0 Å². The van der Waals surface area contributed by atoms with Crippen molar-refractivity contribution in [2.24, 2.45) is 5.73 Å². The molecule has 1 aromatic rings. The second-order valence-electron chi connectivity index (χ2n) is 2.95. The van der Waals surface area contributed by atoms with Gasteiger partial charge in [0.2, 0.25) is 0 Å². The van der Waals surface area contributed by atoms with E-state index in [4.69, 9.17) is 18.0 Å². The van der Waals surface area contributed by atoms with Crippen molar-refractivity contribution in [1.82, 2.24) is 0 Å². The van der Waals surface area contributed by atoms with E-state index in [1.54, 1.807) is 0 Å². The van der Waals surface area contributed by atoms with Crippen LogP contribution in [0.15, 0.2) is 24.3 Å². The van der Waals surface area contributed by atoms with Crippen LogP contribution in [-0.4, -0.2) is 4.99 Å². The van der Waals surface area contributed by atoms with Crippen LogP contribution in [0.25, 0.3) is 0 Å². The van der Waals surface area contributed by atoms with Gasteiger partial charge in [0.1, 0.15) is 0 Å². The summed E-state index contributed by atoms with van der Waals surface area (Å²) in [6.45, 7) is 2.08. The molecule has 1 aromatic carbocycles. The van der Waals surface area contributed by atoms with Gasteiger partial charge in [0, 0.05) is 6.42 Å². The maximum Gasteiger partial charge on any atom is 0.0730 e. The summed E-state index contributed by atoms with van der Waals surface area (Å²) in [6.07, 6.45) is 1.76. The van der Waals surface area contributed by atoms with Crippen molar-refractivity contribution >= 4 is 17.2 Å². The van der Waals surface area contributed by atoms with Crippen LogP contribution >= 0.6 is 12.2 Å². The molecule has 0 saturated carbocycles. The highest BCUT2D eigenvalue weighted by molar-refractivity contribution is 7.80. The Morgan fingerprint density at radius 1 is 1.33 bits per heavy atom. The van der Waals surface area contributed by atoms with Crippen molar-refractivity contribution in [3.8, 4) is 0 Å². The molecule has 0 heterocycles. The first-order valence-corrected chi connectivity index (χ1v) is 4.43. The Morgan fingerprint density at radius 3 is 2.42 bits per heavy atom. The van der Waals surface area contributed by atoms with Gasteiger partial charge in [-0.2, -0.15) is 0 Å². The third-order valence-corrected chi connectivity index (χ3v) is 1.98. The van der Waals surface area contributed by atoms with Crippen LogP contribution in [0.2, 0.25) is 0 Å². The van der Waals surface area contributed by atoms with Crippen LogP contribution in [0.4, 0.5) is 0 Å². The Hall–Kier alpha value is -0.890. The minimum Gasteiger partial charge on any atom is -0.393 e. The number of hydrogen-bond donors (Lipinski definition) is 1. The van der Waals surface area contributed by atoms with E-state index in [2.05, 4.69) is 31.2 Å². The first kappa shape index (κ1) is 9.20. The van der Waals surface area contributed by atoms with Crippen molar-refractivity contribution in [2.45, 2.75) is 19.8 Å². The van der Waals surface area contributed by atoms with E-state index in [9.17, 15) is 0 Å². The van der Waals surface area contributed by atoms with E-state index in [1.165, 1.54) is 11.1 Å². The topological polar surface area (TPSA) is 26.0 Å². The van der Waals surface area contributed by atoms with E-state index in [1.807, 2.05) is 0 Å². The molecule has 0 atom stereocenters. The van der Waals surface area contributed by atoms with Crippen molar-refractivity contribution < 1.29 is 0 Å². The lowest BCUT2D eigenvalue weighted by molar-refractivity contribution is 1.04. The second kappa shape index (κ2) is 4.21. The predicted octanol–water partition coefficient (Wildman–Crippen LogP) is 2.21. The summed E-state index contributed by atoms with van der Waals surface area (Å²) in [5.74, 6) is 0. The predicted molar refractivity (Wildman–Crippen MR) is 56.3 cm³/mol. The number of nitrogens with two attached hydrogens (primary N) is 1. The van der Waals surface area contributed by atoms with Gasteiger partial charge < -0.3 is 5.73 Å². The lowest BCUT2D eigenvalue weighted by Crippen LogP contribution is -2.08. The minimum absolute atomic E-state index is 0.593. The standard InChI is InChI=1S/C10H13NS/c1-8-2-4-9(5-3-8)6-7-10(11)12/h2-5H,6-7H2,1H3,(H2,11,12). The summed E-state index contributed by atoms with van der Waals surface area (Å²) in [5, 5.41) is 0. The van der Waals surface area contributed by atoms with E-state index in [0.717, 1.165) is 12.8 Å². The van der Waals surface area contributed by atoms with Crippen LogP contribution in [0.5, 0.6) is 0 Å². The first-order chi connectivity index (χ1) is 5.68. The molecule has 2 heteroatoms. The average Bonchev–Trinajstić information content (AvgIpc) is 2.03. The zero-order valence-electron chi connectivity index (χ0n) is 7.21. The zero-order chi connectivity index (χ0) is 8.97. The molecule has 1 rings (SSSR count). The van der Waals surface area contributed by atoms with Crippen molar-refractivity contribution in [1.29, 1.82) is 0 Å². The summed E-state index contributed by atoms with van der Waals surface area (Å²) in [4.78, 5) is 0.593. The van der Waals surface area contributed by atoms with Gasteiger partial charge in [-0.05, 0) is 18.9 Å². The monoisotopic (exact) mass is 179 g/mol. The molecule has 0 saturated heterocycles. The Morgan fingerprint density at radius 2 is 1.92 bits per heavy atom. The number of aryl methyl sites for hydroxylation is 2. The Balaban J connectivity index is 2.53. The molecule has 0 bridgehead atoms. The van der Waals surface area contributed by atoms with Gasteiger partial charge >= 0.3 is 0 Å². The Labute approximate surface area is 78.6 Å². The molecule has 0 radical (unpaired) electrons. The molecular formula is C10H13NS. The highest BCUT2D eigenvalue weighted by Gasteiger charge is 1.93. The molecule has 0 aromatic heterocycles. The maximum atomic E-state index is 5.40. The highest BCUT2D eigenvalue weighted by atomic mass is 32.1. The van der Waals surface area contributed by atoms with Crippen LogP contribution in [0, 0.1) is 6.92 Å². The van der Waals surface area contributed by atoms with Gasteiger partial charge in [0.15, 0.2) is 0 Å². The van der Waals surface area contributed by atoms with Gasteiger partial charge in [-0.3, -0.25) is 0 Å². The summed E-state index contributed by atoms with van der Waals surface area (Å²) in [7, 11) is 0. The van der Waals surface area contributed by atoms with Crippen LogP contribution < -0.4 is 5.73 Å². The summed E-state index contributed by atoms with van der Waals surface area (Å²) >= 11 is 4.80. The van der Waals surface area contributed by atoms with Gasteiger partial charge in [-0.25, -0.2) is 0 Å². The third kappa shape index (κ3) is 3.01. The Kier molecular flexibility index (Phi) is 3.23. The van der Waals surface area contributed by atoms with E-state index >= 15 is 0 Å². The molecule has 0 spiro atoms. The molecule has 64 valence electrons. The lowest BCUT2D eigenvalue weighted by Gasteiger charge is -1.99. The number of rotatable bonds is 3. The average molecular weight is 179 g/mol. The van der Waals surface area contributed by atoms with E-state index < -0.39 is 0 Å². The third-order valence-electron chi connectivity index (χ3n) is 1.78. The smallest absolute Gasteiger partial charge is 0.0730 e. The lowest BCUT2D eigenvalue weighted by atomic mass is 10.1. The van der Waals surface area contributed by atoms with Crippen LogP contribution in [0.1, 0.15) is 17.5 Å². The van der Waals surface area contributed by atoms with Gasteiger partial charge in [-0.15, -0.1) is 0 Å². The second-order valence-corrected chi connectivity index (χ2v) is 3.48. The number of hydrogen-bond acceptors (Lipinski definition) is 1. The van der Waals surface area contributed by atoms with Crippen molar-refractivity contribution in [2.75, 3.05) is 0 Å². The number of benzene rings is 1. The molecule has 0 fully saturated rings. The Bertz CT molecular complexity index is 264. The summed E-state index contributed by atoms with van der Waals surface area (Å²) in [6, 6.07) is 8.45. The van der Waals surface area contributed by atoms with Gasteiger partial charge in [0.05, 0.1) is 4.99 Å². The zero-order valence-corrected chi connectivity index (χ0v) is 8.03. The quantitative estimate of drug-likeness (QED) is 0.720. The molecule has 0 aliphatic heterocycles. The first-order valence-electron chi connectivity index (χ1n) is 4.02. The normalized spacial score (nSPS) is 9.75. The molecule has 2 N–H and O–H groups in total. The van der Waals surface area contributed by atoms with E-state index in [0.29, 0.717) is 4.99 Å². The van der Waals surface area contributed by atoms with Crippen LogP contribution in [-0.2, 0) is 6.42 Å². The summed E-state index contributed by atoms with van der Waals surface area (Å²) < 4.78 is 0. The molecule has 0 amide bonds. The SMILES string of the molecule is Cc1ccc(CCC(N)=S)cc1. The number of thiocarbonyl (C=S) groups is 1. The highest BCUT2D eigenvalue weighted by Crippen LogP contribution is 2.05. The van der Waals surface area contributed by atoms with Gasteiger partial charge in [-0.1, -0.05) is 42.0 Å². The molecule has 12 heavy (non-hydrogen) atoms. The van der Waals surface area contributed by atoms with Crippen LogP contribution in [0.3, 0.4) is 0 Å². The molecule has 1 nitrogen and oxygen atoms in total. The van der Waals surface area contributed by atoms with Crippen molar-refractivity contribution in [3.05, 3.63) is 35.4 Å². The van der Waals surface area contributed by atoms with E-state index in [-0.39, 0.29) is 0 Å². The fourth-order valence-corrected chi connectivity index (χ4v) is 1.12. The van der Waals surface area contributed by atoms with Crippen molar-refractivity contribution in [3.63, 3.8) is 0 Å².